The number of carbonyl (C=O) groups is 1. The molecule has 1 aromatic rings. The maximum atomic E-state index is 13.1. The van der Waals surface area contributed by atoms with Crippen molar-refractivity contribution in [1.82, 2.24) is 20.4 Å². The topological polar surface area (TPSA) is 120 Å². The Bertz CT molecular complexity index is 1370. The minimum atomic E-state index is -4.61. The van der Waals surface area contributed by atoms with Crippen molar-refractivity contribution in [3.05, 3.63) is 70.6 Å². The van der Waals surface area contributed by atoms with E-state index in [9.17, 15) is 17.8 Å². The maximum absolute atomic E-state index is 13.1. The van der Waals surface area contributed by atoms with Gasteiger partial charge in [-0.05, 0) is 75.1 Å². The molecule has 6 rings (SSSR count). The first-order valence-electron chi connectivity index (χ1n) is 13.6. The molecule has 0 saturated carbocycles. The average Bonchev–Trinajstić information content (AvgIpc) is 3.35. The lowest BCUT2D eigenvalue weighted by molar-refractivity contribution is -0.117. The Morgan fingerprint density at radius 2 is 1.90 bits per heavy atom. The number of allylic oxidation sites excluding steroid dienone is 3. The van der Waals surface area contributed by atoms with Crippen molar-refractivity contribution in [2.75, 3.05) is 39.3 Å². The lowest BCUT2D eigenvalue weighted by Gasteiger charge is -2.35. The van der Waals surface area contributed by atoms with Gasteiger partial charge in [0.25, 0.3) is 16.0 Å². The van der Waals surface area contributed by atoms with E-state index in [0.717, 1.165) is 62.6 Å². The zero-order valence-corrected chi connectivity index (χ0v) is 25.0. The molecule has 0 radical (unpaired) electrons. The fourth-order valence-corrected chi connectivity index (χ4v) is 6.95. The number of fused-ring (bicyclic) bond motifs is 1. The molecule has 1 aromatic carbocycles. The van der Waals surface area contributed by atoms with E-state index in [2.05, 4.69) is 15.5 Å². The lowest BCUT2D eigenvalue weighted by atomic mass is 9.92. The number of carbonyl (C=O) groups excluding carboxylic acids is 1. The fourth-order valence-electron chi connectivity index (χ4n) is 6.08. The van der Waals surface area contributed by atoms with E-state index in [1.165, 1.54) is 0 Å². The van der Waals surface area contributed by atoms with Crippen LogP contribution < -0.4 is 20.1 Å². The van der Waals surface area contributed by atoms with Gasteiger partial charge < -0.3 is 25.0 Å². The number of likely N-dealkylation sites (tertiary alicyclic amines) is 1. The highest BCUT2D eigenvalue weighted by Gasteiger charge is 2.41. The number of rotatable bonds is 8. The van der Waals surface area contributed by atoms with Gasteiger partial charge in [-0.25, -0.2) is 0 Å². The summed E-state index contributed by atoms with van der Waals surface area (Å²) in [5.74, 6) is 2.48. The minimum Gasteiger partial charge on any atom is -0.486 e. The predicted molar refractivity (Wildman–Crippen MR) is 160 cm³/mol. The van der Waals surface area contributed by atoms with Crippen LogP contribution in [0.5, 0.6) is 11.5 Å². The quantitative estimate of drug-likeness (QED) is 0.295. The molecule has 0 spiro atoms. The zero-order valence-electron chi connectivity index (χ0n) is 22.5. The second kappa shape index (κ2) is 13.1. The number of nitrogens with zero attached hydrogens (tertiary/aromatic N) is 2. The molecule has 1 amide bonds. The number of hydrogen-bond donors (Lipinski definition) is 3. The summed E-state index contributed by atoms with van der Waals surface area (Å²) in [6.07, 6.45) is 10.8. The van der Waals surface area contributed by atoms with Crippen LogP contribution >= 0.6 is 24.8 Å². The van der Waals surface area contributed by atoms with Crippen molar-refractivity contribution >= 4 is 40.8 Å². The highest BCUT2D eigenvalue weighted by atomic mass is 35.5. The molecule has 0 aliphatic carbocycles. The Morgan fingerprint density at radius 1 is 1.15 bits per heavy atom. The summed E-state index contributed by atoms with van der Waals surface area (Å²) >= 11 is 0. The Hall–Kier alpha value is -2.70. The van der Waals surface area contributed by atoms with Gasteiger partial charge in [-0.15, -0.1) is 24.8 Å². The van der Waals surface area contributed by atoms with Crippen molar-refractivity contribution < 1.29 is 27.2 Å². The van der Waals surface area contributed by atoms with Gasteiger partial charge in [0.2, 0.25) is 0 Å². The highest BCUT2D eigenvalue weighted by Crippen LogP contribution is 2.37. The van der Waals surface area contributed by atoms with Gasteiger partial charge in [0.15, 0.2) is 11.5 Å². The summed E-state index contributed by atoms with van der Waals surface area (Å²) in [4.78, 5) is 17.0. The molecule has 10 nitrogen and oxygen atoms in total. The van der Waals surface area contributed by atoms with Crippen molar-refractivity contribution in [2.24, 2.45) is 5.92 Å². The van der Waals surface area contributed by atoms with E-state index in [4.69, 9.17) is 9.47 Å². The molecule has 3 N–H and O–H groups in total. The van der Waals surface area contributed by atoms with Crippen molar-refractivity contribution in [1.29, 1.82) is 0 Å². The third kappa shape index (κ3) is 6.70. The Morgan fingerprint density at radius 3 is 2.66 bits per heavy atom. The molecule has 13 heteroatoms. The van der Waals surface area contributed by atoms with Gasteiger partial charge in [0, 0.05) is 19.6 Å². The van der Waals surface area contributed by atoms with E-state index in [1.807, 2.05) is 30.3 Å². The number of nitrogens with one attached hydrogen (secondary N) is 2. The number of hydrogen-bond acceptors (Lipinski definition) is 8. The van der Waals surface area contributed by atoms with E-state index in [0.29, 0.717) is 31.3 Å². The van der Waals surface area contributed by atoms with Gasteiger partial charge in [-0.1, -0.05) is 18.2 Å². The SMILES string of the molecule is Cl.Cl.O=C(NCCCC1CCN(CC2COc3ccccc3O2)CC1)C1=CC2CNC3=CC=CC(=C1S(=O)(=O)O)N32. The molecule has 5 heterocycles. The molecule has 2 fully saturated rings. The minimum absolute atomic E-state index is 0. The second-order valence-electron chi connectivity index (χ2n) is 10.6. The number of halogens is 2. The van der Waals surface area contributed by atoms with E-state index in [1.54, 1.807) is 23.1 Å². The molecular weight excluding hydrogens is 591 g/mol. The molecule has 2 unspecified atom stereocenters. The van der Waals surface area contributed by atoms with E-state index in [-0.39, 0.29) is 47.4 Å². The summed E-state index contributed by atoms with van der Waals surface area (Å²) < 4.78 is 46.5. The van der Waals surface area contributed by atoms with Crippen LogP contribution in [0.1, 0.15) is 25.7 Å². The van der Waals surface area contributed by atoms with Gasteiger partial charge in [-0.2, -0.15) is 8.42 Å². The highest BCUT2D eigenvalue weighted by molar-refractivity contribution is 7.90. The number of para-hydroxylation sites is 2. The van der Waals surface area contributed by atoms with E-state index >= 15 is 0 Å². The summed E-state index contributed by atoms with van der Waals surface area (Å²) in [7, 11) is -4.61. The Labute approximate surface area is 253 Å². The monoisotopic (exact) mass is 626 g/mol. The molecule has 5 aliphatic heterocycles. The molecule has 5 aliphatic rings. The zero-order chi connectivity index (χ0) is 27.0. The summed E-state index contributed by atoms with van der Waals surface area (Å²) in [6, 6.07) is 7.58. The van der Waals surface area contributed by atoms with Gasteiger partial charge in [0.1, 0.15) is 23.4 Å². The standard InChI is InChI=1S/C28H34N4O6S.2ClH/c33-28(22-15-20-16-30-26-9-3-6-23(32(20)26)27(22)39(34,35)36)29-12-4-5-19-10-13-31(14-11-19)17-21-18-37-24-7-1-2-8-25(24)38-21;;/h1-3,6-9,15,19-21,30H,4-5,10-14,16-18H2,(H,29,33)(H,34,35,36);2*1H. The average molecular weight is 628 g/mol. The Balaban J connectivity index is 0.00000194. The molecule has 2 saturated heterocycles. The number of amides is 1. The van der Waals surface area contributed by atoms with Crippen molar-refractivity contribution in [2.45, 2.75) is 37.8 Å². The maximum Gasteiger partial charge on any atom is 0.297 e. The molecular formula is C28H36Cl2N4O6S. The van der Waals surface area contributed by atoms with Gasteiger partial charge in [0.05, 0.1) is 17.3 Å². The van der Waals surface area contributed by atoms with Gasteiger partial charge >= 0.3 is 0 Å². The van der Waals surface area contributed by atoms with Crippen LogP contribution in [0.2, 0.25) is 0 Å². The Kier molecular flexibility index (Phi) is 9.97. The van der Waals surface area contributed by atoms with Crippen LogP contribution in [-0.2, 0) is 14.9 Å². The second-order valence-corrected chi connectivity index (χ2v) is 12.0. The first kappa shape index (κ1) is 31.2. The number of piperidine rings is 1. The third-order valence-electron chi connectivity index (χ3n) is 8.00. The summed E-state index contributed by atoms with van der Waals surface area (Å²) in [6.45, 7) is 4.42. The molecule has 224 valence electrons. The first-order valence-corrected chi connectivity index (χ1v) is 15.1. The van der Waals surface area contributed by atoms with Crippen LogP contribution in [0.25, 0.3) is 0 Å². The predicted octanol–water partition coefficient (Wildman–Crippen LogP) is 3.00. The normalized spacial score (nSPS) is 23.4. The van der Waals surface area contributed by atoms with E-state index < -0.39 is 16.0 Å². The van der Waals surface area contributed by atoms with Crippen LogP contribution in [0.15, 0.2) is 70.6 Å². The molecule has 41 heavy (non-hydrogen) atoms. The largest absolute Gasteiger partial charge is 0.486 e. The number of benzene rings is 1. The van der Waals surface area contributed by atoms with Crippen LogP contribution in [-0.4, -0.2) is 80.2 Å². The fraction of sp³-hybridized carbons (Fsp3) is 0.464. The summed E-state index contributed by atoms with van der Waals surface area (Å²) in [5.41, 5.74) is 0.326. The number of ether oxygens (including phenoxy) is 2. The molecule has 0 bridgehead atoms. The lowest BCUT2D eigenvalue weighted by Crippen LogP contribution is -2.44. The van der Waals surface area contributed by atoms with Gasteiger partial charge in [-0.3, -0.25) is 14.2 Å². The smallest absolute Gasteiger partial charge is 0.297 e. The van der Waals surface area contributed by atoms with Crippen LogP contribution in [0.3, 0.4) is 0 Å². The van der Waals surface area contributed by atoms with Crippen LogP contribution in [0, 0.1) is 5.92 Å². The van der Waals surface area contributed by atoms with Crippen LogP contribution in [0.4, 0.5) is 0 Å². The van der Waals surface area contributed by atoms with Crippen molar-refractivity contribution in [3.8, 4) is 11.5 Å². The molecule has 2 atom stereocenters. The van der Waals surface area contributed by atoms with Crippen molar-refractivity contribution in [3.63, 3.8) is 0 Å². The first-order chi connectivity index (χ1) is 18.9. The third-order valence-corrected chi connectivity index (χ3v) is 8.95. The molecule has 0 aromatic heterocycles. The summed E-state index contributed by atoms with van der Waals surface area (Å²) in [5, 5.41) is 6.10.